The summed E-state index contributed by atoms with van der Waals surface area (Å²) in [6.45, 7) is 2.08. The van der Waals surface area contributed by atoms with Gasteiger partial charge in [0.05, 0.1) is 22.9 Å². The van der Waals surface area contributed by atoms with Gasteiger partial charge >= 0.3 is 0 Å². The van der Waals surface area contributed by atoms with E-state index in [1.54, 1.807) is 79.1 Å². The lowest BCUT2D eigenvalue weighted by molar-refractivity contribution is -0.118. The van der Waals surface area contributed by atoms with Crippen molar-refractivity contribution >= 4 is 45.3 Å². The number of rotatable bonds is 9. The van der Waals surface area contributed by atoms with Gasteiger partial charge in [0.2, 0.25) is 11.8 Å². The number of hydrogen-bond donors (Lipinski definition) is 2. The van der Waals surface area contributed by atoms with E-state index in [9.17, 15) is 28.0 Å². The Morgan fingerprint density at radius 2 is 1.29 bits per heavy atom. The van der Waals surface area contributed by atoms with E-state index in [2.05, 4.69) is 30.6 Å². The molecule has 0 aromatic carbocycles. The van der Waals surface area contributed by atoms with Crippen LogP contribution in [-0.4, -0.2) is 53.2 Å². The van der Waals surface area contributed by atoms with Crippen LogP contribution in [0.15, 0.2) is 83.2 Å². The summed E-state index contributed by atoms with van der Waals surface area (Å²) >= 11 is 0. The van der Waals surface area contributed by atoms with Crippen LogP contribution in [0, 0.1) is 18.8 Å². The number of nitrogens with one attached hydrogen (secondary N) is 2. The number of carbonyl (C=O) groups is 2. The maximum atomic E-state index is 14.3. The summed E-state index contributed by atoms with van der Waals surface area (Å²) in [7, 11) is 1.62. The number of carbonyl (C=O) groups excluding carboxylic acids is 2. The third kappa shape index (κ3) is 6.09. The Hall–Kier alpha value is -6.18. The molecule has 2 aliphatic carbocycles. The van der Waals surface area contributed by atoms with Crippen LogP contribution in [-0.2, 0) is 29.6 Å². The number of pyridine rings is 6. The lowest BCUT2D eigenvalue weighted by atomic mass is 9.99. The third-order valence-electron chi connectivity index (χ3n) is 9.82. The van der Waals surface area contributed by atoms with Crippen molar-refractivity contribution in [3.63, 3.8) is 0 Å². The first-order chi connectivity index (χ1) is 25.1. The molecule has 14 heteroatoms. The maximum Gasteiger partial charge on any atom is 0.259 e. The molecule has 0 unspecified atom stereocenters. The van der Waals surface area contributed by atoms with E-state index in [4.69, 9.17) is 0 Å². The summed E-state index contributed by atoms with van der Waals surface area (Å²) in [5.41, 5.74) is 4.10. The zero-order chi connectivity index (χ0) is 36.3. The van der Waals surface area contributed by atoms with Crippen LogP contribution < -0.4 is 21.8 Å². The van der Waals surface area contributed by atoms with Crippen LogP contribution >= 0.6 is 0 Å². The fourth-order valence-corrected chi connectivity index (χ4v) is 6.55. The first-order valence-electron chi connectivity index (χ1n) is 16.8. The zero-order valence-corrected chi connectivity index (χ0v) is 28.1. The lowest BCUT2D eigenvalue weighted by Crippen LogP contribution is -2.24. The van der Waals surface area contributed by atoms with Crippen molar-refractivity contribution in [3.8, 4) is 22.3 Å². The Balaban J connectivity index is 1.16. The van der Waals surface area contributed by atoms with E-state index in [1.807, 2.05) is 13.0 Å². The second-order valence-electron chi connectivity index (χ2n) is 13.4. The van der Waals surface area contributed by atoms with Crippen LogP contribution in [0.4, 0.5) is 20.4 Å². The summed E-state index contributed by atoms with van der Waals surface area (Å²) in [6.07, 6.45) is 8.00. The molecule has 6 heterocycles. The number of aryl methyl sites for hydroxylation is 4. The monoisotopic (exact) mass is 702 g/mol. The van der Waals surface area contributed by atoms with Gasteiger partial charge in [-0.15, -0.1) is 0 Å². The van der Waals surface area contributed by atoms with Crippen LogP contribution in [0.3, 0.4) is 0 Å². The van der Waals surface area contributed by atoms with Gasteiger partial charge in [-0.05, 0) is 61.6 Å². The SMILES string of the molecule is Cc1ccncc1-c1cc2cnc(NC(=O)[C@H]3C[C@@H]3F)cc2n(CCc2ccncc2-c2cc3cnc(NC(=O)[C@@H]4C[C@H]4F)cc3n(C)c2=O)c1=O. The van der Waals surface area contributed by atoms with Crippen molar-refractivity contribution in [1.29, 1.82) is 0 Å². The highest BCUT2D eigenvalue weighted by Gasteiger charge is 2.44. The Kier molecular flexibility index (Phi) is 8.16. The summed E-state index contributed by atoms with van der Waals surface area (Å²) < 4.78 is 30.1. The van der Waals surface area contributed by atoms with Gasteiger partial charge in [-0.1, -0.05) is 0 Å². The standard InChI is InChI=1S/C38H32F2N8O4/c1-19-3-6-41-17-27(19)23-10-22-16-44-34(46-36(50)26-12-30(26)40)14-32(22)48(38(23)52)8-5-20-4-7-42-18-28(20)24-9-21-15-43-33(13-31(21)47(2)37(24)51)45-35(49)25-11-29(25)39/h3-4,6-7,9-10,13-18,25-26,29-30H,5,8,11-12H2,1-2H3,(H,43,45,49)(H,44,46,50)/t25-,26+,29-,30+/m1/s1. The third-order valence-corrected chi connectivity index (χ3v) is 9.82. The van der Waals surface area contributed by atoms with Gasteiger partial charge in [-0.25, -0.2) is 18.7 Å². The van der Waals surface area contributed by atoms with Gasteiger partial charge in [0.15, 0.2) is 0 Å². The molecule has 6 aromatic rings. The average Bonchev–Trinajstić information content (AvgIpc) is 4.07. The molecule has 0 aliphatic heterocycles. The number of hydrogen-bond acceptors (Lipinski definition) is 8. The number of anilines is 2. The molecule has 2 saturated carbocycles. The summed E-state index contributed by atoms with van der Waals surface area (Å²) in [4.78, 5) is 70.2. The minimum atomic E-state index is -1.17. The summed E-state index contributed by atoms with van der Waals surface area (Å²) in [6, 6.07) is 10.3. The fourth-order valence-electron chi connectivity index (χ4n) is 6.55. The maximum absolute atomic E-state index is 14.3. The minimum absolute atomic E-state index is 0.171. The number of aromatic nitrogens is 6. The van der Waals surface area contributed by atoms with E-state index < -0.39 is 36.0 Å². The van der Waals surface area contributed by atoms with Gasteiger partial charge in [-0.2, -0.15) is 0 Å². The highest BCUT2D eigenvalue weighted by atomic mass is 19.1. The molecule has 0 spiro atoms. The largest absolute Gasteiger partial charge is 0.311 e. The molecule has 52 heavy (non-hydrogen) atoms. The van der Waals surface area contributed by atoms with Crippen LogP contribution in [0.2, 0.25) is 0 Å². The van der Waals surface area contributed by atoms with Crippen molar-refractivity contribution in [2.24, 2.45) is 18.9 Å². The Labute approximate surface area is 294 Å². The number of fused-ring (bicyclic) bond motifs is 2. The molecule has 6 aromatic heterocycles. The first kappa shape index (κ1) is 33.0. The molecular weight excluding hydrogens is 670 g/mol. The molecule has 4 atom stereocenters. The molecule has 8 rings (SSSR count). The van der Waals surface area contributed by atoms with E-state index in [1.165, 1.54) is 4.57 Å². The molecule has 0 radical (unpaired) electrons. The van der Waals surface area contributed by atoms with Crippen molar-refractivity contribution in [2.75, 3.05) is 10.6 Å². The number of halogens is 2. The van der Waals surface area contributed by atoms with Gasteiger partial charge in [0.1, 0.15) is 24.0 Å². The second-order valence-corrected chi connectivity index (χ2v) is 13.4. The molecule has 0 bridgehead atoms. The molecule has 2 aliphatic rings. The van der Waals surface area contributed by atoms with Crippen LogP contribution in [0.5, 0.6) is 0 Å². The molecule has 12 nitrogen and oxygen atoms in total. The van der Waals surface area contributed by atoms with E-state index in [0.29, 0.717) is 50.5 Å². The predicted molar refractivity (Wildman–Crippen MR) is 191 cm³/mol. The molecule has 2 fully saturated rings. The van der Waals surface area contributed by atoms with Crippen molar-refractivity contribution in [2.45, 2.75) is 45.1 Å². The molecular formula is C38H32F2N8O4. The quantitative estimate of drug-likeness (QED) is 0.216. The van der Waals surface area contributed by atoms with Gasteiger partial charge in [0, 0.05) is 95.9 Å². The topological polar surface area (TPSA) is 154 Å². The van der Waals surface area contributed by atoms with Crippen molar-refractivity contribution in [3.05, 3.63) is 105 Å². The summed E-state index contributed by atoms with van der Waals surface area (Å²) in [5, 5.41) is 6.59. The van der Waals surface area contributed by atoms with E-state index in [0.717, 1.165) is 11.1 Å². The molecule has 0 saturated heterocycles. The predicted octanol–water partition coefficient (Wildman–Crippen LogP) is 4.91. The lowest BCUT2D eigenvalue weighted by Gasteiger charge is -2.16. The van der Waals surface area contributed by atoms with E-state index in [-0.39, 0.29) is 42.1 Å². The highest BCUT2D eigenvalue weighted by molar-refractivity contribution is 5.97. The van der Waals surface area contributed by atoms with Crippen LogP contribution in [0.1, 0.15) is 24.0 Å². The van der Waals surface area contributed by atoms with Gasteiger partial charge < -0.3 is 19.8 Å². The Morgan fingerprint density at radius 3 is 1.88 bits per heavy atom. The minimum Gasteiger partial charge on any atom is -0.311 e. The number of amides is 2. The van der Waals surface area contributed by atoms with Gasteiger partial charge in [0.25, 0.3) is 11.1 Å². The van der Waals surface area contributed by atoms with Crippen molar-refractivity contribution < 1.29 is 18.4 Å². The number of nitrogens with zero attached hydrogens (tertiary/aromatic N) is 6. The fraction of sp³-hybridized carbons (Fsp3) is 0.263. The van der Waals surface area contributed by atoms with Crippen molar-refractivity contribution in [1.82, 2.24) is 29.1 Å². The smallest absolute Gasteiger partial charge is 0.259 e. The normalized spacial score (nSPS) is 19.1. The first-order valence-corrected chi connectivity index (χ1v) is 16.8. The average molecular weight is 703 g/mol. The Morgan fingerprint density at radius 1 is 0.750 bits per heavy atom. The molecule has 262 valence electrons. The highest BCUT2D eigenvalue weighted by Crippen LogP contribution is 2.36. The van der Waals surface area contributed by atoms with Gasteiger partial charge in [-0.3, -0.25) is 29.1 Å². The Bertz CT molecular complexity index is 2570. The zero-order valence-electron chi connectivity index (χ0n) is 28.1. The van der Waals surface area contributed by atoms with Crippen LogP contribution in [0.25, 0.3) is 44.1 Å². The summed E-state index contributed by atoms with van der Waals surface area (Å²) in [5.74, 6) is -1.87. The second kappa shape index (κ2) is 12.9. The van der Waals surface area contributed by atoms with E-state index >= 15 is 0 Å². The number of alkyl halides is 2. The molecule has 2 amide bonds. The molecule has 2 N–H and O–H groups in total.